The molecule has 2 heterocycles. The van der Waals surface area contributed by atoms with E-state index in [2.05, 4.69) is 4.98 Å². The van der Waals surface area contributed by atoms with Crippen LogP contribution in [0.3, 0.4) is 0 Å². The summed E-state index contributed by atoms with van der Waals surface area (Å²) < 4.78 is 0. The monoisotopic (exact) mass is 395 g/mol. The molecule has 5 heteroatoms. The second-order valence-corrected chi connectivity index (χ2v) is 8.81. The average Bonchev–Trinajstić information content (AvgIpc) is 3.04. The maximum atomic E-state index is 13.1. The largest absolute Gasteiger partial charge is 0.481 e. The van der Waals surface area contributed by atoms with Crippen molar-refractivity contribution in [1.29, 1.82) is 0 Å². The van der Waals surface area contributed by atoms with E-state index in [4.69, 9.17) is 0 Å². The first-order valence-electron chi connectivity index (χ1n) is 10.0. The number of thiophene rings is 1. The zero-order valence-electron chi connectivity index (χ0n) is 16.3. The first-order valence-corrected chi connectivity index (χ1v) is 10.8. The van der Waals surface area contributed by atoms with E-state index >= 15 is 0 Å². The van der Waals surface area contributed by atoms with E-state index < -0.39 is 11.9 Å². The van der Waals surface area contributed by atoms with Crippen molar-refractivity contribution >= 4 is 27.5 Å². The van der Waals surface area contributed by atoms with Crippen molar-refractivity contribution in [3.8, 4) is 11.1 Å². The van der Waals surface area contributed by atoms with E-state index in [1.54, 1.807) is 11.3 Å². The number of aryl methyl sites for hydroxylation is 3. The van der Waals surface area contributed by atoms with Crippen molar-refractivity contribution in [2.75, 3.05) is 0 Å². The number of hydrogen-bond donors (Lipinski definition) is 2. The van der Waals surface area contributed by atoms with E-state index in [-0.39, 0.29) is 5.56 Å². The molecule has 0 fully saturated rings. The Morgan fingerprint density at radius 1 is 1.21 bits per heavy atom. The summed E-state index contributed by atoms with van der Waals surface area (Å²) in [5.74, 6) is -1.72. The first kappa shape index (κ1) is 18.9. The molecule has 0 saturated heterocycles. The molecule has 1 aromatic carbocycles. The Bertz CT molecular complexity index is 1090. The van der Waals surface area contributed by atoms with Crippen molar-refractivity contribution in [2.24, 2.45) is 0 Å². The van der Waals surface area contributed by atoms with Gasteiger partial charge >= 0.3 is 5.97 Å². The molecule has 0 amide bonds. The number of aromatic nitrogens is 1. The molecule has 0 saturated carbocycles. The molecule has 0 spiro atoms. The van der Waals surface area contributed by atoms with Crippen LogP contribution in [0.25, 0.3) is 21.3 Å². The number of fused-ring (bicyclic) bond motifs is 3. The Morgan fingerprint density at radius 3 is 2.61 bits per heavy atom. The predicted octanol–water partition coefficient (Wildman–Crippen LogP) is 5.41. The van der Waals surface area contributed by atoms with Crippen LogP contribution < -0.4 is 5.56 Å². The minimum Gasteiger partial charge on any atom is -0.481 e. The van der Waals surface area contributed by atoms with Gasteiger partial charge in [-0.25, -0.2) is 0 Å². The van der Waals surface area contributed by atoms with Gasteiger partial charge in [0, 0.05) is 21.4 Å². The molecule has 28 heavy (non-hydrogen) atoms. The molecule has 1 aliphatic carbocycles. The summed E-state index contributed by atoms with van der Waals surface area (Å²) in [6.45, 7) is 3.99. The maximum absolute atomic E-state index is 13.1. The van der Waals surface area contributed by atoms with Crippen LogP contribution in [-0.4, -0.2) is 16.1 Å². The molecule has 0 aliphatic heterocycles. The van der Waals surface area contributed by atoms with Crippen LogP contribution in [0.1, 0.15) is 60.1 Å². The third kappa shape index (κ3) is 3.18. The molecular weight excluding hydrogens is 370 g/mol. The number of aromatic amines is 1. The van der Waals surface area contributed by atoms with Gasteiger partial charge < -0.3 is 10.1 Å². The van der Waals surface area contributed by atoms with Gasteiger partial charge in [-0.1, -0.05) is 43.2 Å². The van der Waals surface area contributed by atoms with Crippen LogP contribution in [0, 0.1) is 6.92 Å². The highest BCUT2D eigenvalue weighted by atomic mass is 32.1. The van der Waals surface area contributed by atoms with Gasteiger partial charge in [0.25, 0.3) is 5.56 Å². The van der Waals surface area contributed by atoms with Gasteiger partial charge in [0.15, 0.2) is 0 Å². The maximum Gasteiger partial charge on any atom is 0.311 e. The zero-order chi connectivity index (χ0) is 19.8. The summed E-state index contributed by atoms with van der Waals surface area (Å²) >= 11 is 1.67. The van der Waals surface area contributed by atoms with Gasteiger partial charge in [0.2, 0.25) is 0 Å². The molecule has 4 rings (SSSR count). The number of aliphatic carboxylic acids is 1. The predicted molar refractivity (Wildman–Crippen MR) is 115 cm³/mol. The third-order valence-electron chi connectivity index (χ3n) is 5.73. The van der Waals surface area contributed by atoms with Crippen molar-refractivity contribution < 1.29 is 9.90 Å². The van der Waals surface area contributed by atoms with Gasteiger partial charge in [-0.3, -0.25) is 9.59 Å². The molecule has 1 unspecified atom stereocenters. The Labute approximate surface area is 168 Å². The molecule has 2 aromatic heterocycles. The van der Waals surface area contributed by atoms with E-state index in [9.17, 15) is 14.7 Å². The van der Waals surface area contributed by atoms with Crippen molar-refractivity contribution in [3.05, 3.63) is 56.2 Å². The summed E-state index contributed by atoms with van der Waals surface area (Å²) in [5, 5.41) is 11.0. The Morgan fingerprint density at radius 2 is 1.93 bits per heavy atom. The Kier molecular flexibility index (Phi) is 5.11. The molecule has 0 radical (unpaired) electrons. The molecule has 1 atom stereocenters. The molecule has 3 aromatic rings. The molecule has 146 valence electrons. The molecule has 1 aliphatic rings. The van der Waals surface area contributed by atoms with Crippen LogP contribution >= 0.6 is 11.3 Å². The highest BCUT2D eigenvalue weighted by Gasteiger charge is 2.30. The van der Waals surface area contributed by atoms with Gasteiger partial charge in [-0.05, 0) is 50.2 Å². The Balaban J connectivity index is 2.11. The number of hydrogen-bond acceptors (Lipinski definition) is 3. The van der Waals surface area contributed by atoms with Gasteiger partial charge in [-0.15, -0.1) is 11.3 Å². The zero-order valence-corrected chi connectivity index (χ0v) is 17.1. The molecular formula is C23H25NO3S. The van der Waals surface area contributed by atoms with Crippen LogP contribution in [0.15, 0.2) is 29.1 Å². The number of benzene rings is 1. The number of carbonyl (C=O) groups is 1. The number of rotatable bonds is 5. The fourth-order valence-electron chi connectivity index (χ4n) is 4.37. The quantitative estimate of drug-likeness (QED) is 0.607. The lowest BCUT2D eigenvalue weighted by Crippen LogP contribution is -2.23. The lowest BCUT2D eigenvalue weighted by atomic mass is 9.85. The summed E-state index contributed by atoms with van der Waals surface area (Å²) in [6, 6.07) is 8.09. The van der Waals surface area contributed by atoms with Crippen molar-refractivity contribution in [2.45, 2.75) is 58.3 Å². The van der Waals surface area contributed by atoms with Crippen molar-refractivity contribution in [1.82, 2.24) is 4.98 Å². The summed E-state index contributed by atoms with van der Waals surface area (Å²) in [5.41, 5.74) is 4.37. The average molecular weight is 396 g/mol. The van der Waals surface area contributed by atoms with Gasteiger partial charge in [-0.2, -0.15) is 0 Å². The molecule has 4 nitrogen and oxygen atoms in total. The molecule has 0 bridgehead atoms. The SMILES string of the molecule is CCCC(C(=O)O)c1c(-c2ccc(C)cc2)c2c3c(sc2[nH]c1=O)CCCC3. The highest BCUT2D eigenvalue weighted by molar-refractivity contribution is 7.19. The first-order chi connectivity index (χ1) is 13.5. The summed E-state index contributed by atoms with van der Waals surface area (Å²) in [6.07, 6.45) is 5.50. The molecule has 2 N–H and O–H groups in total. The van der Waals surface area contributed by atoms with E-state index in [0.717, 1.165) is 46.2 Å². The van der Waals surface area contributed by atoms with E-state index in [0.29, 0.717) is 18.4 Å². The van der Waals surface area contributed by atoms with Crippen LogP contribution in [0.4, 0.5) is 0 Å². The van der Waals surface area contributed by atoms with Gasteiger partial charge in [0.1, 0.15) is 4.83 Å². The highest BCUT2D eigenvalue weighted by Crippen LogP contribution is 2.43. The second kappa shape index (κ2) is 7.55. The van der Waals surface area contributed by atoms with Crippen LogP contribution in [-0.2, 0) is 17.6 Å². The minimum atomic E-state index is -0.927. The standard InChI is InChI=1S/C23H25NO3S/c1-3-6-16(23(26)27)19-18(14-11-9-13(2)10-12-14)20-15-7-4-5-8-17(15)28-22(20)24-21(19)25/h9-12,16H,3-8H2,1-2H3,(H,24,25)(H,26,27). The lowest BCUT2D eigenvalue weighted by Gasteiger charge is -2.19. The van der Waals surface area contributed by atoms with Crippen molar-refractivity contribution in [3.63, 3.8) is 0 Å². The van der Waals surface area contributed by atoms with Crippen LogP contribution in [0.5, 0.6) is 0 Å². The smallest absolute Gasteiger partial charge is 0.311 e. The minimum absolute atomic E-state index is 0.262. The number of carboxylic acid groups (broad SMARTS) is 1. The topological polar surface area (TPSA) is 70.2 Å². The normalized spacial score (nSPS) is 14.8. The fraction of sp³-hybridized carbons (Fsp3) is 0.391. The number of pyridine rings is 1. The van der Waals surface area contributed by atoms with E-state index in [1.807, 2.05) is 38.1 Å². The second-order valence-electron chi connectivity index (χ2n) is 7.70. The number of nitrogens with one attached hydrogen (secondary N) is 1. The summed E-state index contributed by atoms with van der Waals surface area (Å²) in [7, 11) is 0. The van der Waals surface area contributed by atoms with Crippen LogP contribution in [0.2, 0.25) is 0 Å². The Hall–Kier alpha value is -2.40. The van der Waals surface area contributed by atoms with Gasteiger partial charge in [0.05, 0.1) is 5.92 Å². The number of H-pyrrole nitrogens is 1. The third-order valence-corrected chi connectivity index (χ3v) is 6.93. The lowest BCUT2D eigenvalue weighted by molar-refractivity contribution is -0.139. The fourth-order valence-corrected chi connectivity index (χ4v) is 5.66. The number of carboxylic acids is 1. The summed E-state index contributed by atoms with van der Waals surface area (Å²) in [4.78, 5) is 30.5. The van der Waals surface area contributed by atoms with E-state index in [1.165, 1.54) is 16.9 Å².